The van der Waals surface area contributed by atoms with E-state index >= 15 is 0 Å². The zero-order valence-electron chi connectivity index (χ0n) is 14.7. The molecule has 1 heterocycles. The van der Waals surface area contributed by atoms with E-state index < -0.39 is 10.0 Å². The molecule has 1 saturated heterocycles. The second kappa shape index (κ2) is 6.52. The molecule has 0 bridgehead atoms. The molecule has 2 aromatic rings. The van der Waals surface area contributed by atoms with Crippen molar-refractivity contribution in [1.82, 2.24) is 0 Å². The number of sulfonamides is 1. The third-order valence-electron chi connectivity index (χ3n) is 4.38. The number of nitrogens with zero attached hydrogens (tertiary/aromatic N) is 2. The standard InChI is InChI=1S/C19H22N2O3S/c1-14-10-15(2)12-18(11-14)20(3)19(22)16-6-4-7-17(13-16)21-8-5-9-25(21,23)24/h4,6-7,10-13H,5,8-9H2,1-3H3. The van der Waals surface area contributed by atoms with Crippen molar-refractivity contribution in [2.24, 2.45) is 0 Å². The largest absolute Gasteiger partial charge is 0.311 e. The molecule has 3 rings (SSSR count). The van der Waals surface area contributed by atoms with E-state index in [2.05, 4.69) is 6.07 Å². The minimum Gasteiger partial charge on any atom is -0.311 e. The van der Waals surface area contributed by atoms with Crippen molar-refractivity contribution in [3.63, 3.8) is 0 Å². The normalized spacial score (nSPS) is 16.0. The van der Waals surface area contributed by atoms with E-state index in [1.165, 1.54) is 4.31 Å². The second-order valence-electron chi connectivity index (χ2n) is 6.50. The van der Waals surface area contributed by atoms with Gasteiger partial charge in [0.25, 0.3) is 5.91 Å². The molecular formula is C19H22N2O3S. The summed E-state index contributed by atoms with van der Waals surface area (Å²) in [7, 11) is -1.53. The molecule has 132 valence electrons. The number of carbonyl (C=O) groups is 1. The lowest BCUT2D eigenvalue weighted by atomic mass is 10.1. The topological polar surface area (TPSA) is 57.7 Å². The van der Waals surface area contributed by atoms with Gasteiger partial charge in [0.2, 0.25) is 10.0 Å². The van der Waals surface area contributed by atoms with Crippen LogP contribution in [0.15, 0.2) is 42.5 Å². The molecule has 0 aliphatic carbocycles. The highest BCUT2D eigenvalue weighted by molar-refractivity contribution is 7.93. The van der Waals surface area contributed by atoms with Gasteiger partial charge >= 0.3 is 0 Å². The molecular weight excluding hydrogens is 336 g/mol. The Labute approximate surface area is 148 Å². The maximum absolute atomic E-state index is 12.9. The van der Waals surface area contributed by atoms with Crippen molar-refractivity contribution < 1.29 is 13.2 Å². The van der Waals surface area contributed by atoms with Crippen LogP contribution in [0.2, 0.25) is 0 Å². The Morgan fingerprint density at radius 3 is 2.36 bits per heavy atom. The fourth-order valence-corrected chi connectivity index (χ4v) is 4.74. The van der Waals surface area contributed by atoms with Crippen molar-refractivity contribution in [3.8, 4) is 0 Å². The summed E-state index contributed by atoms with van der Waals surface area (Å²) in [5, 5.41) is 0. The van der Waals surface area contributed by atoms with Crippen molar-refractivity contribution >= 4 is 27.3 Å². The molecule has 1 aliphatic rings. The smallest absolute Gasteiger partial charge is 0.258 e. The lowest BCUT2D eigenvalue weighted by Gasteiger charge is -2.21. The molecule has 1 amide bonds. The molecule has 0 atom stereocenters. The fourth-order valence-electron chi connectivity index (χ4n) is 3.18. The van der Waals surface area contributed by atoms with Gasteiger partial charge in [0.15, 0.2) is 0 Å². The SMILES string of the molecule is Cc1cc(C)cc(N(C)C(=O)c2cccc(N3CCCS3(=O)=O)c2)c1. The quantitative estimate of drug-likeness (QED) is 0.847. The van der Waals surface area contributed by atoms with Gasteiger partial charge in [-0.1, -0.05) is 12.1 Å². The predicted octanol–water partition coefficient (Wildman–Crippen LogP) is 3.12. The van der Waals surface area contributed by atoms with E-state index in [1.807, 2.05) is 26.0 Å². The highest BCUT2D eigenvalue weighted by Gasteiger charge is 2.29. The highest BCUT2D eigenvalue weighted by atomic mass is 32.2. The van der Waals surface area contributed by atoms with Gasteiger partial charge in [-0.25, -0.2) is 8.42 Å². The highest BCUT2D eigenvalue weighted by Crippen LogP contribution is 2.26. The van der Waals surface area contributed by atoms with Crippen molar-refractivity contribution in [3.05, 3.63) is 59.2 Å². The molecule has 0 radical (unpaired) electrons. The molecule has 1 aliphatic heterocycles. The first-order valence-corrected chi connectivity index (χ1v) is 9.86. The number of amides is 1. The summed E-state index contributed by atoms with van der Waals surface area (Å²) in [5.41, 5.74) is 4.03. The number of rotatable bonds is 3. The average molecular weight is 358 g/mol. The van der Waals surface area contributed by atoms with E-state index in [-0.39, 0.29) is 11.7 Å². The minimum atomic E-state index is -3.26. The molecule has 1 fully saturated rings. The van der Waals surface area contributed by atoms with Crippen LogP contribution in [0.1, 0.15) is 27.9 Å². The summed E-state index contributed by atoms with van der Waals surface area (Å²) in [4.78, 5) is 14.4. The lowest BCUT2D eigenvalue weighted by Crippen LogP contribution is -2.28. The summed E-state index contributed by atoms with van der Waals surface area (Å²) in [6.07, 6.45) is 0.614. The lowest BCUT2D eigenvalue weighted by molar-refractivity contribution is 0.0993. The zero-order valence-corrected chi connectivity index (χ0v) is 15.5. The van der Waals surface area contributed by atoms with Crippen LogP contribution in [0, 0.1) is 13.8 Å². The summed E-state index contributed by atoms with van der Waals surface area (Å²) in [6.45, 7) is 4.45. The Kier molecular flexibility index (Phi) is 4.56. The molecule has 0 spiro atoms. The van der Waals surface area contributed by atoms with Crippen LogP contribution in [0.25, 0.3) is 0 Å². The number of anilines is 2. The van der Waals surface area contributed by atoms with E-state index in [0.29, 0.717) is 24.2 Å². The first-order chi connectivity index (χ1) is 11.8. The predicted molar refractivity (Wildman–Crippen MR) is 101 cm³/mol. The maximum atomic E-state index is 12.9. The number of hydrogen-bond donors (Lipinski definition) is 0. The third-order valence-corrected chi connectivity index (χ3v) is 6.25. The molecule has 2 aromatic carbocycles. The summed E-state index contributed by atoms with van der Waals surface area (Å²) in [5.74, 6) is -0.00311. The van der Waals surface area contributed by atoms with E-state index in [0.717, 1.165) is 16.8 Å². The Morgan fingerprint density at radius 1 is 1.08 bits per heavy atom. The maximum Gasteiger partial charge on any atom is 0.258 e. The Hall–Kier alpha value is -2.34. The fraction of sp³-hybridized carbons (Fsp3) is 0.316. The summed E-state index contributed by atoms with van der Waals surface area (Å²) < 4.78 is 25.6. The molecule has 6 heteroatoms. The van der Waals surface area contributed by atoms with E-state index in [4.69, 9.17) is 0 Å². The molecule has 0 saturated carbocycles. The van der Waals surface area contributed by atoms with Crippen molar-refractivity contribution in [2.45, 2.75) is 20.3 Å². The van der Waals surface area contributed by atoms with Crippen LogP contribution < -0.4 is 9.21 Å². The Balaban J connectivity index is 1.91. The Morgan fingerprint density at radius 2 is 1.76 bits per heavy atom. The van der Waals surface area contributed by atoms with Crippen molar-refractivity contribution in [1.29, 1.82) is 0 Å². The number of aryl methyl sites for hydroxylation is 2. The van der Waals surface area contributed by atoms with Crippen LogP contribution >= 0.6 is 0 Å². The van der Waals surface area contributed by atoms with Gasteiger partial charge in [0, 0.05) is 24.8 Å². The number of hydrogen-bond acceptors (Lipinski definition) is 3. The molecule has 0 unspecified atom stereocenters. The molecule has 25 heavy (non-hydrogen) atoms. The molecule has 0 aromatic heterocycles. The number of benzene rings is 2. The minimum absolute atomic E-state index is 0.160. The van der Waals surface area contributed by atoms with Gasteiger partial charge < -0.3 is 4.90 Å². The van der Waals surface area contributed by atoms with Gasteiger partial charge in [0.1, 0.15) is 0 Å². The van der Waals surface area contributed by atoms with Gasteiger partial charge in [-0.15, -0.1) is 0 Å². The van der Waals surface area contributed by atoms with Gasteiger partial charge in [-0.05, 0) is 61.7 Å². The first kappa shape index (κ1) is 17.5. The third kappa shape index (κ3) is 3.54. The monoisotopic (exact) mass is 358 g/mol. The van der Waals surface area contributed by atoms with Crippen molar-refractivity contribution in [2.75, 3.05) is 28.6 Å². The van der Waals surface area contributed by atoms with Crippen LogP contribution in [-0.2, 0) is 10.0 Å². The van der Waals surface area contributed by atoms with Crippen LogP contribution in [-0.4, -0.2) is 33.7 Å². The second-order valence-corrected chi connectivity index (χ2v) is 8.51. The molecule has 5 nitrogen and oxygen atoms in total. The van der Waals surface area contributed by atoms with Crippen LogP contribution in [0.5, 0.6) is 0 Å². The Bertz CT molecular complexity index is 902. The zero-order chi connectivity index (χ0) is 18.2. The van der Waals surface area contributed by atoms with E-state index in [9.17, 15) is 13.2 Å². The van der Waals surface area contributed by atoms with Crippen LogP contribution in [0.4, 0.5) is 11.4 Å². The van der Waals surface area contributed by atoms with Gasteiger partial charge in [-0.3, -0.25) is 9.10 Å². The van der Waals surface area contributed by atoms with E-state index in [1.54, 1.807) is 36.2 Å². The average Bonchev–Trinajstić information content (AvgIpc) is 2.92. The van der Waals surface area contributed by atoms with Gasteiger partial charge in [-0.2, -0.15) is 0 Å². The van der Waals surface area contributed by atoms with Crippen LogP contribution in [0.3, 0.4) is 0 Å². The summed E-state index contributed by atoms with van der Waals surface area (Å²) in [6, 6.07) is 12.8. The number of carbonyl (C=O) groups excluding carboxylic acids is 1. The summed E-state index contributed by atoms with van der Waals surface area (Å²) >= 11 is 0. The first-order valence-electron chi connectivity index (χ1n) is 8.25. The molecule has 0 N–H and O–H groups in total. The van der Waals surface area contributed by atoms with Gasteiger partial charge in [0.05, 0.1) is 11.4 Å².